The van der Waals surface area contributed by atoms with Crippen LogP contribution >= 0.6 is 27.3 Å². The van der Waals surface area contributed by atoms with Crippen molar-refractivity contribution in [1.82, 2.24) is 10.3 Å². The lowest BCUT2D eigenvalue weighted by atomic mass is 10.1. The third-order valence-electron chi connectivity index (χ3n) is 2.75. The lowest BCUT2D eigenvalue weighted by molar-refractivity contribution is -0.137. The highest BCUT2D eigenvalue weighted by Gasteiger charge is 2.35. The van der Waals surface area contributed by atoms with Gasteiger partial charge in [-0.15, -0.1) is 11.3 Å². The number of halogens is 5. The highest BCUT2D eigenvalue weighted by molar-refractivity contribution is 9.10. The first-order valence-corrected chi connectivity index (χ1v) is 7.65. The van der Waals surface area contributed by atoms with Crippen LogP contribution < -0.4 is 5.32 Å². The van der Waals surface area contributed by atoms with Gasteiger partial charge in [-0.25, -0.2) is 9.37 Å². The van der Waals surface area contributed by atoms with Crippen molar-refractivity contribution in [2.24, 2.45) is 0 Å². The van der Waals surface area contributed by atoms with Gasteiger partial charge in [0.05, 0.1) is 6.04 Å². The van der Waals surface area contributed by atoms with E-state index in [0.29, 0.717) is 27.2 Å². The number of nitrogens with one attached hydrogen (secondary N) is 1. The van der Waals surface area contributed by atoms with E-state index < -0.39 is 23.0 Å². The molecule has 0 fully saturated rings. The molecule has 8 heteroatoms. The Morgan fingerprint density at radius 2 is 2.10 bits per heavy atom. The molecule has 0 aliphatic heterocycles. The Kier molecular flexibility index (Phi) is 5.00. The molecular weight excluding hydrogens is 372 g/mol. The quantitative estimate of drug-likeness (QED) is 0.770. The van der Waals surface area contributed by atoms with E-state index in [1.54, 1.807) is 13.0 Å². The van der Waals surface area contributed by atoms with Crippen LogP contribution in [0.5, 0.6) is 0 Å². The summed E-state index contributed by atoms with van der Waals surface area (Å²) < 4.78 is 52.5. The zero-order valence-corrected chi connectivity index (χ0v) is 13.2. The normalized spacial score (nSPS) is 13.4. The molecule has 21 heavy (non-hydrogen) atoms. The van der Waals surface area contributed by atoms with Crippen molar-refractivity contribution in [3.05, 3.63) is 50.1 Å². The first kappa shape index (κ1) is 16.4. The van der Waals surface area contributed by atoms with Crippen molar-refractivity contribution in [2.75, 3.05) is 6.54 Å². The van der Waals surface area contributed by atoms with E-state index in [0.717, 1.165) is 6.20 Å². The standard InChI is InChI=1S/C13H11BrF4N2S/c1-2-19-11(10-7(14)4-3-5-8(10)15)9-6-20-12(21-9)13(16,17)18/h3-6,11,19H,2H2,1H3. The van der Waals surface area contributed by atoms with Gasteiger partial charge in [0.2, 0.25) is 0 Å². The maximum Gasteiger partial charge on any atom is 0.443 e. The van der Waals surface area contributed by atoms with Crippen LogP contribution in [0.1, 0.15) is 28.4 Å². The number of rotatable bonds is 4. The number of hydrogen-bond acceptors (Lipinski definition) is 3. The topological polar surface area (TPSA) is 24.9 Å². The molecule has 1 unspecified atom stereocenters. The van der Waals surface area contributed by atoms with Crippen LogP contribution in [0, 0.1) is 5.82 Å². The van der Waals surface area contributed by atoms with Gasteiger partial charge in [-0.1, -0.05) is 28.9 Å². The average Bonchev–Trinajstić information content (AvgIpc) is 2.86. The monoisotopic (exact) mass is 382 g/mol. The van der Waals surface area contributed by atoms with E-state index in [4.69, 9.17) is 0 Å². The Labute approximate surface area is 131 Å². The molecule has 1 aromatic carbocycles. The van der Waals surface area contributed by atoms with Gasteiger partial charge >= 0.3 is 6.18 Å². The molecule has 0 aliphatic carbocycles. The first-order valence-electron chi connectivity index (χ1n) is 6.04. The van der Waals surface area contributed by atoms with Crippen LogP contribution in [-0.4, -0.2) is 11.5 Å². The fourth-order valence-electron chi connectivity index (χ4n) is 1.89. The minimum atomic E-state index is -4.49. The van der Waals surface area contributed by atoms with Crippen molar-refractivity contribution >= 4 is 27.3 Å². The molecule has 2 aromatic rings. The summed E-state index contributed by atoms with van der Waals surface area (Å²) in [6, 6.07) is 3.77. The highest BCUT2D eigenvalue weighted by Crippen LogP contribution is 2.38. The highest BCUT2D eigenvalue weighted by atomic mass is 79.9. The third kappa shape index (κ3) is 3.61. The van der Waals surface area contributed by atoms with E-state index in [1.165, 1.54) is 12.1 Å². The molecule has 1 heterocycles. The molecule has 0 bridgehead atoms. The van der Waals surface area contributed by atoms with Crippen molar-refractivity contribution in [3.63, 3.8) is 0 Å². The number of alkyl halides is 3. The molecule has 0 spiro atoms. The second-order valence-corrected chi connectivity index (χ2v) is 6.11. The molecular formula is C13H11BrF4N2S. The molecule has 0 amide bonds. The molecule has 0 saturated heterocycles. The van der Waals surface area contributed by atoms with E-state index >= 15 is 0 Å². The van der Waals surface area contributed by atoms with Crippen LogP contribution in [0.3, 0.4) is 0 Å². The van der Waals surface area contributed by atoms with Crippen LogP contribution in [0.2, 0.25) is 0 Å². The Hall–Kier alpha value is -0.990. The van der Waals surface area contributed by atoms with Gasteiger partial charge in [0.15, 0.2) is 5.01 Å². The zero-order chi connectivity index (χ0) is 15.6. The van der Waals surface area contributed by atoms with E-state index in [-0.39, 0.29) is 5.56 Å². The minimum Gasteiger partial charge on any atom is -0.306 e. The molecule has 114 valence electrons. The average molecular weight is 383 g/mol. The summed E-state index contributed by atoms with van der Waals surface area (Å²) in [5, 5.41) is 2.06. The third-order valence-corrected chi connectivity index (χ3v) is 4.55. The number of benzene rings is 1. The van der Waals surface area contributed by atoms with Gasteiger partial charge in [0.1, 0.15) is 5.82 Å². The number of hydrogen-bond donors (Lipinski definition) is 1. The smallest absolute Gasteiger partial charge is 0.306 e. The lowest BCUT2D eigenvalue weighted by Gasteiger charge is -2.18. The summed E-state index contributed by atoms with van der Waals surface area (Å²) in [5.41, 5.74) is 0.275. The van der Waals surface area contributed by atoms with Gasteiger partial charge in [-0.2, -0.15) is 13.2 Å². The molecule has 2 nitrogen and oxygen atoms in total. The molecule has 1 atom stereocenters. The Morgan fingerprint density at radius 3 is 2.62 bits per heavy atom. The Morgan fingerprint density at radius 1 is 1.38 bits per heavy atom. The van der Waals surface area contributed by atoms with Gasteiger partial charge in [-0.05, 0) is 18.7 Å². The molecule has 0 aliphatic rings. The molecule has 0 saturated carbocycles. The van der Waals surface area contributed by atoms with Crippen molar-refractivity contribution < 1.29 is 17.6 Å². The summed E-state index contributed by atoms with van der Waals surface area (Å²) in [6.07, 6.45) is -3.36. The zero-order valence-electron chi connectivity index (χ0n) is 10.8. The van der Waals surface area contributed by atoms with Gasteiger partial charge < -0.3 is 5.32 Å². The molecule has 0 radical (unpaired) electrons. The summed E-state index contributed by atoms with van der Waals surface area (Å²) in [4.78, 5) is 3.71. The number of aromatic nitrogens is 1. The van der Waals surface area contributed by atoms with Crippen molar-refractivity contribution in [3.8, 4) is 0 Å². The van der Waals surface area contributed by atoms with Gasteiger partial charge in [0, 0.05) is 21.1 Å². The minimum absolute atomic E-state index is 0.275. The van der Waals surface area contributed by atoms with Crippen LogP contribution in [0.4, 0.5) is 17.6 Å². The lowest BCUT2D eigenvalue weighted by Crippen LogP contribution is -2.22. The van der Waals surface area contributed by atoms with E-state index in [9.17, 15) is 17.6 Å². The maximum atomic E-state index is 14.0. The SMILES string of the molecule is CCNC(c1cnc(C(F)(F)F)s1)c1c(F)cccc1Br. The summed E-state index contributed by atoms with van der Waals surface area (Å²) in [7, 11) is 0. The van der Waals surface area contributed by atoms with Crippen LogP contribution in [0.15, 0.2) is 28.9 Å². The second kappa shape index (κ2) is 6.41. The fraction of sp³-hybridized carbons (Fsp3) is 0.308. The van der Waals surface area contributed by atoms with Crippen molar-refractivity contribution in [2.45, 2.75) is 19.1 Å². The predicted molar refractivity (Wildman–Crippen MR) is 76.7 cm³/mol. The summed E-state index contributed by atoms with van der Waals surface area (Å²) in [6.45, 7) is 2.28. The molecule has 1 aromatic heterocycles. The van der Waals surface area contributed by atoms with E-state index in [1.807, 2.05) is 0 Å². The Balaban J connectivity index is 2.47. The summed E-state index contributed by atoms with van der Waals surface area (Å²) >= 11 is 3.76. The molecule has 2 rings (SSSR count). The largest absolute Gasteiger partial charge is 0.443 e. The Bertz CT molecular complexity index is 607. The summed E-state index contributed by atoms with van der Waals surface area (Å²) in [5.74, 6) is -0.489. The van der Waals surface area contributed by atoms with Crippen LogP contribution in [-0.2, 0) is 6.18 Å². The fourth-order valence-corrected chi connectivity index (χ4v) is 3.33. The number of thiazole rings is 1. The predicted octanol–water partition coefficient (Wildman–Crippen LogP) is 4.76. The first-order chi connectivity index (χ1) is 9.84. The molecule has 1 N–H and O–H groups in total. The van der Waals surface area contributed by atoms with E-state index in [2.05, 4.69) is 26.2 Å². The van der Waals surface area contributed by atoms with Crippen LogP contribution in [0.25, 0.3) is 0 Å². The number of nitrogens with zero attached hydrogens (tertiary/aromatic N) is 1. The van der Waals surface area contributed by atoms with Gasteiger partial charge in [-0.3, -0.25) is 0 Å². The van der Waals surface area contributed by atoms with Gasteiger partial charge in [0.25, 0.3) is 0 Å². The maximum absolute atomic E-state index is 14.0. The van der Waals surface area contributed by atoms with Crippen molar-refractivity contribution in [1.29, 1.82) is 0 Å². The second-order valence-electron chi connectivity index (χ2n) is 4.19.